The highest BCUT2D eigenvalue weighted by molar-refractivity contribution is 5.91. The summed E-state index contributed by atoms with van der Waals surface area (Å²) in [5.74, 6) is 6.41. The van der Waals surface area contributed by atoms with Crippen molar-refractivity contribution in [3.8, 4) is 17.6 Å². The molecule has 1 aromatic heterocycles. The molecule has 3 N–H and O–H groups in total. The zero-order valence-corrected chi connectivity index (χ0v) is 11.4. The second-order valence-electron chi connectivity index (χ2n) is 4.09. The van der Waals surface area contributed by atoms with Crippen LogP contribution in [0.5, 0.6) is 5.75 Å². The van der Waals surface area contributed by atoms with Gasteiger partial charge in [-0.3, -0.25) is 4.79 Å². The highest BCUT2D eigenvalue weighted by atomic mass is 16.5. The van der Waals surface area contributed by atoms with E-state index < -0.39 is 0 Å². The molecule has 1 aromatic carbocycles. The lowest BCUT2D eigenvalue weighted by Gasteiger charge is -2.06. The highest BCUT2D eigenvalue weighted by Crippen LogP contribution is 2.09. The van der Waals surface area contributed by atoms with Crippen LogP contribution in [0.1, 0.15) is 5.56 Å². The van der Waals surface area contributed by atoms with Crippen LogP contribution in [-0.4, -0.2) is 24.0 Å². The van der Waals surface area contributed by atoms with E-state index in [1.807, 2.05) is 18.2 Å². The van der Waals surface area contributed by atoms with Crippen LogP contribution in [0.15, 0.2) is 48.7 Å². The summed E-state index contributed by atoms with van der Waals surface area (Å²) in [5, 5.41) is 2.65. The Morgan fingerprint density at radius 1 is 1.29 bits per heavy atom. The van der Waals surface area contributed by atoms with E-state index in [1.54, 1.807) is 30.5 Å². The van der Waals surface area contributed by atoms with E-state index in [0.29, 0.717) is 11.6 Å². The van der Waals surface area contributed by atoms with E-state index in [9.17, 15) is 4.79 Å². The van der Waals surface area contributed by atoms with Crippen LogP contribution in [0.2, 0.25) is 0 Å². The van der Waals surface area contributed by atoms with Crippen LogP contribution in [0.3, 0.4) is 0 Å². The molecule has 0 saturated heterocycles. The van der Waals surface area contributed by atoms with Crippen molar-refractivity contribution in [3.05, 3.63) is 54.2 Å². The Hall–Kier alpha value is -2.84. The van der Waals surface area contributed by atoms with Gasteiger partial charge in [-0.2, -0.15) is 0 Å². The fraction of sp³-hybridized carbons (Fsp3) is 0.125. The third-order valence-electron chi connectivity index (χ3n) is 2.48. The van der Waals surface area contributed by atoms with Gasteiger partial charge >= 0.3 is 0 Å². The molecule has 0 bridgehead atoms. The number of nitrogens with zero attached hydrogens (tertiary/aromatic N) is 1. The Morgan fingerprint density at radius 3 is 2.86 bits per heavy atom. The Kier molecular flexibility index (Phi) is 5.33. The fourth-order valence-electron chi connectivity index (χ4n) is 1.57. The minimum atomic E-state index is -0.282. The molecule has 0 spiro atoms. The number of nitrogens with one attached hydrogen (secondary N) is 1. The third-order valence-corrected chi connectivity index (χ3v) is 2.48. The molecule has 1 amide bonds. The predicted octanol–water partition coefficient (Wildman–Crippen LogP) is 1.41. The second-order valence-corrected chi connectivity index (χ2v) is 4.09. The lowest BCUT2D eigenvalue weighted by atomic mass is 10.2. The number of carbonyl (C=O) groups excluding carboxylic acids is 1. The zero-order valence-electron chi connectivity index (χ0n) is 11.4. The molecular formula is C16H15N3O2. The molecule has 21 heavy (non-hydrogen) atoms. The van der Waals surface area contributed by atoms with E-state index in [1.165, 1.54) is 0 Å². The van der Waals surface area contributed by atoms with Crippen molar-refractivity contribution in [1.82, 2.24) is 4.98 Å². The van der Waals surface area contributed by atoms with Gasteiger partial charge in [0.25, 0.3) is 5.91 Å². The number of para-hydroxylation sites is 1. The number of ether oxygens (including phenoxy) is 1. The topological polar surface area (TPSA) is 77.2 Å². The molecule has 106 valence electrons. The molecule has 0 atom stereocenters. The van der Waals surface area contributed by atoms with Crippen molar-refractivity contribution in [2.45, 2.75) is 0 Å². The maximum Gasteiger partial charge on any atom is 0.263 e. The lowest BCUT2D eigenvalue weighted by Crippen LogP contribution is -2.20. The van der Waals surface area contributed by atoms with Crippen LogP contribution in [0.4, 0.5) is 5.82 Å². The quantitative estimate of drug-likeness (QED) is 0.831. The molecule has 0 radical (unpaired) electrons. The maximum atomic E-state index is 11.8. The van der Waals surface area contributed by atoms with Crippen molar-refractivity contribution >= 4 is 11.7 Å². The number of amides is 1. The summed E-state index contributed by atoms with van der Waals surface area (Å²) in [7, 11) is 0. The van der Waals surface area contributed by atoms with Gasteiger partial charge in [-0.25, -0.2) is 4.98 Å². The number of anilines is 1. The molecule has 0 saturated carbocycles. The predicted molar refractivity (Wildman–Crippen MR) is 80.7 cm³/mol. The van der Waals surface area contributed by atoms with Gasteiger partial charge in [0.1, 0.15) is 11.6 Å². The molecule has 0 aliphatic rings. The van der Waals surface area contributed by atoms with Gasteiger partial charge in [0.05, 0.1) is 6.54 Å². The lowest BCUT2D eigenvalue weighted by molar-refractivity contribution is -0.118. The Bertz CT molecular complexity index is 660. The van der Waals surface area contributed by atoms with Crippen molar-refractivity contribution in [2.75, 3.05) is 18.5 Å². The van der Waals surface area contributed by atoms with E-state index in [4.69, 9.17) is 10.5 Å². The molecule has 0 fully saturated rings. The highest BCUT2D eigenvalue weighted by Gasteiger charge is 2.04. The van der Waals surface area contributed by atoms with Gasteiger partial charge in [-0.1, -0.05) is 30.0 Å². The van der Waals surface area contributed by atoms with Crippen molar-refractivity contribution < 1.29 is 9.53 Å². The average Bonchev–Trinajstić information content (AvgIpc) is 2.52. The second kappa shape index (κ2) is 7.68. The first-order valence-corrected chi connectivity index (χ1v) is 6.40. The van der Waals surface area contributed by atoms with Gasteiger partial charge < -0.3 is 15.8 Å². The number of nitrogens with two attached hydrogens (primary N) is 1. The summed E-state index contributed by atoms with van der Waals surface area (Å²) in [6, 6.07) is 12.6. The van der Waals surface area contributed by atoms with Gasteiger partial charge in [0, 0.05) is 11.8 Å². The summed E-state index contributed by atoms with van der Waals surface area (Å²) < 4.78 is 5.35. The van der Waals surface area contributed by atoms with E-state index in [0.717, 1.165) is 5.56 Å². The van der Waals surface area contributed by atoms with Gasteiger partial charge in [-0.05, 0) is 24.3 Å². The summed E-state index contributed by atoms with van der Waals surface area (Å²) in [6.07, 6.45) is 1.58. The number of carbonyl (C=O) groups is 1. The molecule has 1 heterocycles. The zero-order chi connectivity index (χ0) is 14.9. The number of hydrogen-bond acceptors (Lipinski definition) is 4. The van der Waals surface area contributed by atoms with Crippen LogP contribution in [0.25, 0.3) is 0 Å². The first kappa shape index (κ1) is 14.6. The minimum absolute atomic E-state index is 0.0790. The van der Waals surface area contributed by atoms with Crippen LogP contribution >= 0.6 is 0 Å². The molecule has 2 rings (SSSR count). The summed E-state index contributed by atoms with van der Waals surface area (Å²) in [5.41, 5.74) is 6.06. The number of pyridine rings is 1. The minimum Gasteiger partial charge on any atom is -0.484 e. The molecule has 5 heteroatoms. The van der Waals surface area contributed by atoms with Gasteiger partial charge in [-0.15, -0.1) is 0 Å². The van der Waals surface area contributed by atoms with Crippen LogP contribution < -0.4 is 15.8 Å². The Morgan fingerprint density at radius 2 is 2.10 bits per heavy atom. The van der Waals surface area contributed by atoms with Crippen molar-refractivity contribution in [3.63, 3.8) is 0 Å². The molecule has 2 aromatic rings. The third kappa shape index (κ3) is 4.97. The number of aromatic nitrogens is 1. The Balaban J connectivity index is 1.90. The summed E-state index contributed by atoms with van der Waals surface area (Å²) in [6.45, 7) is 0.208. The van der Waals surface area contributed by atoms with E-state index >= 15 is 0 Å². The largest absolute Gasteiger partial charge is 0.484 e. The molecule has 0 unspecified atom stereocenters. The molecule has 0 aliphatic carbocycles. The number of benzene rings is 1. The first-order valence-electron chi connectivity index (χ1n) is 6.40. The standard InChI is InChI=1S/C16H15N3O2/c17-9-4-5-13-8-10-18-15(11-13)19-16(20)12-21-14-6-2-1-3-7-14/h1-3,6-8,10-11H,9,12,17H2,(H,18,19,20). The van der Waals surface area contributed by atoms with Crippen molar-refractivity contribution in [1.29, 1.82) is 0 Å². The number of hydrogen-bond donors (Lipinski definition) is 2. The normalized spacial score (nSPS) is 9.38. The van der Waals surface area contributed by atoms with Gasteiger partial charge in [0.2, 0.25) is 0 Å². The Labute approximate surface area is 123 Å². The van der Waals surface area contributed by atoms with Gasteiger partial charge in [0.15, 0.2) is 6.61 Å². The van der Waals surface area contributed by atoms with E-state index in [-0.39, 0.29) is 19.1 Å². The maximum absolute atomic E-state index is 11.8. The van der Waals surface area contributed by atoms with E-state index in [2.05, 4.69) is 22.1 Å². The molecular weight excluding hydrogens is 266 g/mol. The van der Waals surface area contributed by atoms with Crippen LogP contribution in [0, 0.1) is 11.8 Å². The van der Waals surface area contributed by atoms with Crippen LogP contribution in [-0.2, 0) is 4.79 Å². The first-order chi connectivity index (χ1) is 10.3. The number of rotatable bonds is 4. The monoisotopic (exact) mass is 281 g/mol. The fourth-order valence-corrected chi connectivity index (χ4v) is 1.57. The summed E-state index contributed by atoms with van der Waals surface area (Å²) >= 11 is 0. The summed E-state index contributed by atoms with van der Waals surface area (Å²) in [4.78, 5) is 15.8. The van der Waals surface area contributed by atoms with Crippen molar-refractivity contribution in [2.24, 2.45) is 5.73 Å². The molecule has 0 aliphatic heterocycles. The smallest absolute Gasteiger partial charge is 0.263 e. The molecule has 5 nitrogen and oxygen atoms in total. The SMILES string of the molecule is NCC#Cc1ccnc(NC(=O)COc2ccccc2)c1. The average molecular weight is 281 g/mol.